The van der Waals surface area contributed by atoms with Gasteiger partial charge in [-0.05, 0) is 29.5 Å². The molecule has 1 aliphatic heterocycles. The van der Waals surface area contributed by atoms with Gasteiger partial charge in [-0.2, -0.15) is 5.10 Å². The van der Waals surface area contributed by atoms with Gasteiger partial charge in [0, 0.05) is 10.6 Å². The summed E-state index contributed by atoms with van der Waals surface area (Å²) in [6.07, 6.45) is 1.33. The van der Waals surface area contributed by atoms with Crippen LogP contribution in [0.1, 0.15) is 24.2 Å². The van der Waals surface area contributed by atoms with Crippen LogP contribution in [0.4, 0.5) is 4.39 Å². The number of ether oxygens (including phenoxy) is 1. The third-order valence-corrected chi connectivity index (χ3v) is 5.66. The Labute approximate surface area is 160 Å². The van der Waals surface area contributed by atoms with Gasteiger partial charge >= 0.3 is 0 Å². The normalized spacial score (nSPS) is 21.7. The van der Waals surface area contributed by atoms with Crippen LogP contribution >= 0.6 is 23.4 Å². The molecule has 0 amide bonds. The Bertz CT molecular complexity index is 917. The maximum absolute atomic E-state index is 13.4. The summed E-state index contributed by atoms with van der Waals surface area (Å²) in [5.41, 5.74) is 1.17. The summed E-state index contributed by atoms with van der Waals surface area (Å²) in [5.74, 6) is 0.624. The molecule has 4 rings (SSSR count). The van der Waals surface area contributed by atoms with Crippen LogP contribution in [0.5, 0.6) is 0 Å². The maximum atomic E-state index is 13.4. The minimum absolute atomic E-state index is 0.217. The van der Waals surface area contributed by atoms with E-state index in [1.54, 1.807) is 30.2 Å². The molecule has 1 saturated heterocycles. The number of thioether (sulfide) groups is 1. The van der Waals surface area contributed by atoms with Gasteiger partial charge in [-0.1, -0.05) is 60.6 Å². The molecule has 7 heteroatoms. The van der Waals surface area contributed by atoms with Gasteiger partial charge in [-0.25, -0.2) is 14.1 Å². The lowest BCUT2D eigenvalue weighted by atomic mass is 9.91. The summed E-state index contributed by atoms with van der Waals surface area (Å²) in [6, 6.07) is 14.1. The Hall–Kier alpha value is -1.89. The van der Waals surface area contributed by atoms with Crippen molar-refractivity contribution in [1.29, 1.82) is 0 Å². The largest absolute Gasteiger partial charge is 0.354 e. The van der Waals surface area contributed by atoms with Crippen molar-refractivity contribution in [1.82, 2.24) is 14.8 Å². The second-order valence-corrected chi connectivity index (χ2v) is 7.69. The molecule has 2 heterocycles. The smallest absolute Gasteiger partial charge is 0.186 e. The summed E-state index contributed by atoms with van der Waals surface area (Å²) in [7, 11) is 0. The highest BCUT2D eigenvalue weighted by molar-refractivity contribution is 7.99. The van der Waals surface area contributed by atoms with E-state index in [-0.39, 0.29) is 11.9 Å². The van der Waals surface area contributed by atoms with Crippen molar-refractivity contribution in [3.05, 3.63) is 76.8 Å². The van der Waals surface area contributed by atoms with E-state index >= 15 is 0 Å². The highest BCUT2D eigenvalue weighted by Crippen LogP contribution is 2.59. The molecule has 1 aliphatic rings. The van der Waals surface area contributed by atoms with Crippen LogP contribution in [0.2, 0.25) is 5.02 Å². The second kappa shape index (κ2) is 7.02. The third-order valence-electron chi connectivity index (χ3n) is 4.45. The molecule has 0 unspecified atom stereocenters. The molecular weight excluding hydrogens is 373 g/mol. The molecule has 26 heavy (non-hydrogen) atoms. The van der Waals surface area contributed by atoms with Crippen LogP contribution in [0.15, 0.2) is 60.0 Å². The van der Waals surface area contributed by atoms with Gasteiger partial charge in [0.15, 0.2) is 5.16 Å². The number of epoxide rings is 1. The Morgan fingerprint density at radius 3 is 2.73 bits per heavy atom. The summed E-state index contributed by atoms with van der Waals surface area (Å²) in [6.45, 7) is 2.55. The molecule has 1 aromatic heterocycles. The number of nitrogens with zero attached hydrogens (tertiary/aromatic N) is 3. The molecule has 2 aromatic carbocycles. The van der Waals surface area contributed by atoms with Crippen LogP contribution in [-0.4, -0.2) is 20.5 Å². The van der Waals surface area contributed by atoms with Gasteiger partial charge in [-0.15, -0.1) is 0 Å². The van der Waals surface area contributed by atoms with E-state index < -0.39 is 5.60 Å². The number of hydrogen-bond donors (Lipinski definition) is 0. The number of hydrogen-bond acceptors (Lipinski definition) is 4. The van der Waals surface area contributed by atoms with Crippen LogP contribution < -0.4 is 0 Å². The molecule has 3 aromatic rings. The van der Waals surface area contributed by atoms with Crippen molar-refractivity contribution in [3.63, 3.8) is 0 Å². The monoisotopic (exact) mass is 389 g/mol. The number of benzene rings is 2. The zero-order valence-corrected chi connectivity index (χ0v) is 15.7. The number of aromatic nitrogens is 3. The van der Waals surface area contributed by atoms with Crippen LogP contribution in [0.3, 0.4) is 0 Å². The minimum atomic E-state index is -0.643. The molecule has 0 aliphatic carbocycles. The van der Waals surface area contributed by atoms with Crippen LogP contribution in [-0.2, 0) is 16.9 Å². The van der Waals surface area contributed by atoms with Crippen LogP contribution in [0, 0.1) is 5.82 Å². The highest BCUT2D eigenvalue weighted by atomic mass is 35.5. The van der Waals surface area contributed by atoms with Crippen molar-refractivity contribution in [2.45, 2.75) is 30.3 Å². The van der Waals surface area contributed by atoms with Crippen molar-refractivity contribution in [2.24, 2.45) is 0 Å². The van der Waals surface area contributed by atoms with Crippen molar-refractivity contribution < 1.29 is 9.13 Å². The summed E-state index contributed by atoms with van der Waals surface area (Å²) >= 11 is 8.01. The summed E-state index contributed by atoms with van der Waals surface area (Å²) < 4.78 is 21.5. The molecule has 0 bridgehead atoms. The Morgan fingerprint density at radius 1 is 1.23 bits per heavy atom. The van der Waals surface area contributed by atoms with E-state index in [4.69, 9.17) is 16.3 Å². The molecule has 0 saturated carbocycles. The molecule has 0 N–H and O–H groups in total. The molecule has 4 nitrogen and oxygen atoms in total. The Kier molecular flexibility index (Phi) is 4.73. The van der Waals surface area contributed by atoms with E-state index in [1.165, 1.54) is 12.1 Å². The second-order valence-electron chi connectivity index (χ2n) is 6.05. The molecule has 2 atom stereocenters. The standard InChI is InChI=1S/C19H17ClFN3OS/c1-2-26-18-22-12-23-24(18)11-19(13-7-9-14(21)10-8-13)17(25-19)15-5-3-4-6-16(15)20/h3-10,12,17H,2,11H2,1H3/t17-,19-/m1/s1. The Morgan fingerprint density at radius 2 is 2.00 bits per heavy atom. The highest BCUT2D eigenvalue weighted by Gasteiger charge is 2.59. The van der Waals surface area contributed by atoms with Crippen molar-refractivity contribution in [2.75, 3.05) is 5.75 Å². The third kappa shape index (κ3) is 3.13. The number of halogens is 2. The minimum Gasteiger partial charge on any atom is -0.354 e. The SMILES string of the molecule is CCSc1ncnn1C[C@]1(c2ccc(F)cc2)O[C@@H]1c1ccccc1Cl. The first-order chi connectivity index (χ1) is 12.6. The molecule has 1 fully saturated rings. The molecule has 134 valence electrons. The first-order valence-electron chi connectivity index (χ1n) is 8.33. The lowest BCUT2D eigenvalue weighted by Crippen LogP contribution is -2.20. The van der Waals surface area contributed by atoms with Gasteiger partial charge in [0.2, 0.25) is 0 Å². The van der Waals surface area contributed by atoms with Crippen molar-refractivity contribution in [3.8, 4) is 0 Å². The topological polar surface area (TPSA) is 43.2 Å². The zero-order chi connectivity index (χ0) is 18.1. The molecule has 0 spiro atoms. The van der Waals surface area contributed by atoms with Gasteiger partial charge in [0.1, 0.15) is 23.8 Å². The fourth-order valence-corrected chi connectivity index (χ4v) is 4.04. The fourth-order valence-electron chi connectivity index (χ4n) is 3.17. The van der Waals surface area contributed by atoms with Gasteiger partial charge in [-0.3, -0.25) is 0 Å². The zero-order valence-electron chi connectivity index (χ0n) is 14.1. The number of rotatable bonds is 6. The first-order valence-corrected chi connectivity index (χ1v) is 9.69. The van der Waals surface area contributed by atoms with E-state index in [0.717, 1.165) is 22.0 Å². The molecular formula is C19H17ClFN3OS. The van der Waals surface area contributed by atoms with E-state index in [0.29, 0.717) is 11.6 Å². The average molecular weight is 390 g/mol. The lowest BCUT2D eigenvalue weighted by molar-refractivity contribution is 0.256. The van der Waals surface area contributed by atoms with Gasteiger partial charge in [0.05, 0.1) is 6.54 Å². The summed E-state index contributed by atoms with van der Waals surface area (Å²) in [5, 5.41) is 5.84. The maximum Gasteiger partial charge on any atom is 0.186 e. The van der Waals surface area contributed by atoms with Crippen LogP contribution in [0.25, 0.3) is 0 Å². The van der Waals surface area contributed by atoms with Crippen molar-refractivity contribution >= 4 is 23.4 Å². The van der Waals surface area contributed by atoms with E-state index in [2.05, 4.69) is 17.0 Å². The predicted molar refractivity (Wildman–Crippen MR) is 99.8 cm³/mol. The van der Waals surface area contributed by atoms with Gasteiger partial charge in [0.25, 0.3) is 0 Å². The van der Waals surface area contributed by atoms with Gasteiger partial charge < -0.3 is 4.74 Å². The van der Waals surface area contributed by atoms with E-state index in [1.807, 2.05) is 28.9 Å². The quantitative estimate of drug-likeness (QED) is 0.446. The summed E-state index contributed by atoms with van der Waals surface area (Å²) in [4.78, 5) is 4.31. The first kappa shape index (κ1) is 17.5. The Balaban J connectivity index is 1.73. The predicted octanol–water partition coefficient (Wildman–Crippen LogP) is 4.85. The fraction of sp³-hybridized carbons (Fsp3) is 0.263. The molecule has 0 radical (unpaired) electrons. The van der Waals surface area contributed by atoms with E-state index in [9.17, 15) is 4.39 Å². The lowest BCUT2D eigenvalue weighted by Gasteiger charge is -2.15. The average Bonchev–Trinajstić information content (AvgIpc) is 3.19.